The molecule has 1 atom stereocenters. The summed E-state index contributed by atoms with van der Waals surface area (Å²) in [6.45, 7) is 2.24. The Balaban J connectivity index is 1.72. The van der Waals surface area contributed by atoms with Crippen LogP contribution in [0.4, 0.5) is 0 Å². The number of likely N-dealkylation sites (tertiary alicyclic amines) is 1. The van der Waals surface area contributed by atoms with Crippen molar-refractivity contribution >= 4 is 0 Å². The molecule has 0 aromatic rings. The topological polar surface area (TPSA) is 23.5 Å². The minimum absolute atomic E-state index is 0.127. The molecule has 0 spiro atoms. The summed E-state index contributed by atoms with van der Waals surface area (Å²) in [4.78, 5) is 2.25. The SMILES string of the molecule is OC(CC1CC1)N1CCCCC1. The van der Waals surface area contributed by atoms with Crippen molar-refractivity contribution in [3.8, 4) is 0 Å². The standard InChI is InChI=1S/C10H19NO/c12-10(8-9-4-5-9)11-6-2-1-3-7-11/h9-10,12H,1-8H2. The number of piperidine rings is 1. The van der Waals surface area contributed by atoms with E-state index in [1.807, 2.05) is 0 Å². The lowest BCUT2D eigenvalue weighted by molar-refractivity contribution is -0.0169. The number of hydrogen-bond acceptors (Lipinski definition) is 2. The van der Waals surface area contributed by atoms with Gasteiger partial charge in [0, 0.05) is 13.1 Å². The van der Waals surface area contributed by atoms with E-state index < -0.39 is 0 Å². The Morgan fingerprint density at radius 3 is 2.42 bits per heavy atom. The highest BCUT2D eigenvalue weighted by atomic mass is 16.3. The van der Waals surface area contributed by atoms with Gasteiger partial charge in [0.25, 0.3) is 0 Å². The summed E-state index contributed by atoms with van der Waals surface area (Å²) in [5.41, 5.74) is 0. The van der Waals surface area contributed by atoms with Crippen molar-refractivity contribution in [3.63, 3.8) is 0 Å². The van der Waals surface area contributed by atoms with Gasteiger partial charge in [0.15, 0.2) is 0 Å². The molecule has 0 aromatic heterocycles. The Morgan fingerprint density at radius 1 is 1.17 bits per heavy atom. The number of rotatable bonds is 3. The van der Waals surface area contributed by atoms with Crippen molar-refractivity contribution in [3.05, 3.63) is 0 Å². The molecule has 1 aliphatic carbocycles. The predicted octanol–water partition coefficient (Wildman–Crippen LogP) is 1.59. The summed E-state index contributed by atoms with van der Waals surface area (Å²) in [7, 11) is 0. The quantitative estimate of drug-likeness (QED) is 0.693. The number of aliphatic hydroxyl groups is 1. The smallest absolute Gasteiger partial charge is 0.107 e. The maximum absolute atomic E-state index is 9.81. The predicted molar refractivity (Wildman–Crippen MR) is 48.8 cm³/mol. The van der Waals surface area contributed by atoms with E-state index in [1.54, 1.807) is 0 Å². The van der Waals surface area contributed by atoms with Gasteiger partial charge in [-0.3, -0.25) is 4.90 Å². The number of hydrogen-bond donors (Lipinski definition) is 1. The zero-order valence-electron chi connectivity index (χ0n) is 7.71. The lowest BCUT2D eigenvalue weighted by Crippen LogP contribution is -2.39. The maximum Gasteiger partial charge on any atom is 0.107 e. The maximum atomic E-state index is 9.81. The number of aliphatic hydroxyl groups excluding tert-OH is 1. The van der Waals surface area contributed by atoms with Crippen molar-refractivity contribution in [2.24, 2.45) is 5.92 Å². The molecule has 0 bridgehead atoms. The monoisotopic (exact) mass is 169 g/mol. The van der Waals surface area contributed by atoms with Crippen LogP contribution >= 0.6 is 0 Å². The summed E-state index contributed by atoms with van der Waals surface area (Å²) in [6, 6.07) is 0. The molecule has 1 unspecified atom stereocenters. The molecule has 1 N–H and O–H groups in total. The Kier molecular flexibility index (Phi) is 2.66. The van der Waals surface area contributed by atoms with E-state index in [4.69, 9.17) is 0 Å². The van der Waals surface area contributed by atoms with Gasteiger partial charge in [-0.2, -0.15) is 0 Å². The fraction of sp³-hybridized carbons (Fsp3) is 1.00. The molecular formula is C10H19NO. The fourth-order valence-electron chi connectivity index (χ4n) is 2.02. The van der Waals surface area contributed by atoms with Gasteiger partial charge in [-0.25, -0.2) is 0 Å². The molecule has 12 heavy (non-hydrogen) atoms. The number of nitrogens with zero attached hydrogens (tertiary/aromatic N) is 1. The largest absolute Gasteiger partial charge is 0.378 e. The molecule has 1 saturated carbocycles. The van der Waals surface area contributed by atoms with Crippen LogP contribution in [0.3, 0.4) is 0 Å². The molecular weight excluding hydrogens is 150 g/mol. The third-order valence-electron chi connectivity index (χ3n) is 3.05. The Morgan fingerprint density at radius 2 is 1.83 bits per heavy atom. The molecule has 70 valence electrons. The zero-order valence-corrected chi connectivity index (χ0v) is 7.71. The van der Waals surface area contributed by atoms with Gasteiger partial charge in [-0.15, -0.1) is 0 Å². The Bertz CT molecular complexity index is 139. The van der Waals surface area contributed by atoms with E-state index in [0.29, 0.717) is 0 Å². The lowest BCUT2D eigenvalue weighted by atomic mass is 10.1. The first-order valence-electron chi connectivity index (χ1n) is 5.28. The molecule has 2 nitrogen and oxygen atoms in total. The molecule has 2 rings (SSSR count). The van der Waals surface area contributed by atoms with E-state index in [0.717, 1.165) is 25.4 Å². The van der Waals surface area contributed by atoms with Crippen LogP contribution in [0.5, 0.6) is 0 Å². The molecule has 0 radical (unpaired) electrons. The van der Waals surface area contributed by atoms with Crippen LogP contribution in [-0.4, -0.2) is 29.3 Å². The summed E-state index contributed by atoms with van der Waals surface area (Å²) in [5, 5.41) is 9.81. The average Bonchev–Trinajstić information content (AvgIpc) is 2.90. The first-order valence-corrected chi connectivity index (χ1v) is 5.28. The summed E-state index contributed by atoms with van der Waals surface area (Å²) in [5.74, 6) is 0.849. The minimum atomic E-state index is -0.127. The van der Waals surface area contributed by atoms with Crippen LogP contribution in [0.15, 0.2) is 0 Å². The Hall–Kier alpha value is -0.0800. The third kappa shape index (κ3) is 2.20. The van der Waals surface area contributed by atoms with Crippen LogP contribution in [-0.2, 0) is 0 Å². The van der Waals surface area contributed by atoms with E-state index in [9.17, 15) is 5.11 Å². The lowest BCUT2D eigenvalue weighted by Gasteiger charge is -2.31. The van der Waals surface area contributed by atoms with Crippen molar-refractivity contribution in [1.82, 2.24) is 4.90 Å². The van der Waals surface area contributed by atoms with Crippen LogP contribution in [0.1, 0.15) is 38.5 Å². The van der Waals surface area contributed by atoms with Crippen LogP contribution < -0.4 is 0 Å². The second-order valence-corrected chi connectivity index (χ2v) is 4.26. The van der Waals surface area contributed by atoms with Gasteiger partial charge in [-0.1, -0.05) is 19.3 Å². The molecule has 1 heterocycles. The summed E-state index contributed by atoms with van der Waals surface area (Å²) in [6.07, 6.45) is 7.52. The van der Waals surface area contributed by atoms with Crippen LogP contribution in [0.25, 0.3) is 0 Å². The molecule has 2 aliphatic rings. The van der Waals surface area contributed by atoms with Crippen LogP contribution in [0.2, 0.25) is 0 Å². The zero-order chi connectivity index (χ0) is 8.39. The van der Waals surface area contributed by atoms with Gasteiger partial charge >= 0.3 is 0 Å². The van der Waals surface area contributed by atoms with Gasteiger partial charge in [-0.05, 0) is 25.2 Å². The molecule has 2 heteroatoms. The van der Waals surface area contributed by atoms with Gasteiger partial charge in [0.1, 0.15) is 6.23 Å². The van der Waals surface area contributed by atoms with Gasteiger partial charge in [0.05, 0.1) is 0 Å². The van der Waals surface area contributed by atoms with E-state index in [1.165, 1.54) is 32.1 Å². The molecule has 1 saturated heterocycles. The van der Waals surface area contributed by atoms with Crippen LogP contribution in [0, 0.1) is 5.92 Å². The van der Waals surface area contributed by atoms with Gasteiger partial charge in [0.2, 0.25) is 0 Å². The summed E-state index contributed by atoms with van der Waals surface area (Å²) < 4.78 is 0. The second kappa shape index (κ2) is 3.75. The van der Waals surface area contributed by atoms with E-state index >= 15 is 0 Å². The van der Waals surface area contributed by atoms with E-state index in [-0.39, 0.29) is 6.23 Å². The highest BCUT2D eigenvalue weighted by Gasteiger charge is 2.27. The highest BCUT2D eigenvalue weighted by molar-refractivity contribution is 4.78. The highest BCUT2D eigenvalue weighted by Crippen LogP contribution is 2.34. The van der Waals surface area contributed by atoms with Crippen molar-refractivity contribution in [1.29, 1.82) is 0 Å². The van der Waals surface area contributed by atoms with E-state index in [2.05, 4.69) is 4.90 Å². The average molecular weight is 169 g/mol. The van der Waals surface area contributed by atoms with Crippen molar-refractivity contribution in [2.75, 3.05) is 13.1 Å². The van der Waals surface area contributed by atoms with Gasteiger partial charge < -0.3 is 5.11 Å². The van der Waals surface area contributed by atoms with Crippen molar-refractivity contribution in [2.45, 2.75) is 44.8 Å². The first-order chi connectivity index (χ1) is 5.86. The third-order valence-corrected chi connectivity index (χ3v) is 3.05. The Labute approximate surface area is 74.6 Å². The molecule has 2 fully saturated rings. The normalized spacial score (nSPS) is 28.8. The first kappa shape index (κ1) is 8.52. The second-order valence-electron chi connectivity index (χ2n) is 4.26. The minimum Gasteiger partial charge on any atom is -0.378 e. The fourth-order valence-corrected chi connectivity index (χ4v) is 2.02. The summed E-state index contributed by atoms with van der Waals surface area (Å²) >= 11 is 0. The molecule has 1 aliphatic heterocycles. The van der Waals surface area contributed by atoms with Crippen molar-refractivity contribution < 1.29 is 5.11 Å². The molecule has 0 amide bonds. The molecule has 0 aromatic carbocycles.